The maximum Gasteiger partial charge on any atom is 0.243 e. The summed E-state index contributed by atoms with van der Waals surface area (Å²) >= 11 is 1.80. The van der Waals surface area contributed by atoms with Crippen molar-refractivity contribution < 1.29 is 8.42 Å². The van der Waals surface area contributed by atoms with Gasteiger partial charge >= 0.3 is 0 Å². The molecule has 1 aliphatic rings. The second kappa shape index (κ2) is 5.51. The van der Waals surface area contributed by atoms with Crippen LogP contribution in [0.4, 0.5) is 5.69 Å². The number of fused-ring (bicyclic) bond motifs is 1. The van der Waals surface area contributed by atoms with Crippen molar-refractivity contribution in [2.24, 2.45) is 0 Å². The molecule has 1 unspecified atom stereocenters. The second-order valence-corrected chi connectivity index (χ2v) is 8.25. The summed E-state index contributed by atoms with van der Waals surface area (Å²) in [5, 5.41) is 1.49. The van der Waals surface area contributed by atoms with Crippen LogP contribution in [-0.2, 0) is 10.0 Å². The topological polar surface area (TPSA) is 63.4 Å². The van der Waals surface area contributed by atoms with Gasteiger partial charge in [-0.2, -0.15) is 16.1 Å². The lowest BCUT2D eigenvalue weighted by Crippen LogP contribution is -2.44. The zero-order valence-electron chi connectivity index (χ0n) is 11.8. The van der Waals surface area contributed by atoms with Gasteiger partial charge in [-0.1, -0.05) is 24.3 Å². The fourth-order valence-electron chi connectivity index (χ4n) is 2.72. The van der Waals surface area contributed by atoms with E-state index in [1.54, 1.807) is 28.2 Å². The Balaban J connectivity index is 2.17. The Kier molecular flexibility index (Phi) is 3.86. The zero-order valence-corrected chi connectivity index (χ0v) is 13.5. The highest BCUT2D eigenvalue weighted by molar-refractivity contribution is 7.99. The Morgan fingerprint density at radius 2 is 1.90 bits per heavy atom. The van der Waals surface area contributed by atoms with Crippen molar-refractivity contribution >= 4 is 38.2 Å². The predicted octanol–water partition coefficient (Wildman–Crippen LogP) is 2.55. The van der Waals surface area contributed by atoms with Crippen LogP contribution in [0, 0.1) is 0 Å². The molecule has 21 heavy (non-hydrogen) atoms. The van der Waals surface area contributed by atoms with Crippen LogP contribution < -0.4 is 5.73 Å². The number of anilines is 1. The molecule has 1 saturated heterocycles. The number of hydrogen-bond donors (Lipinski definition) is 1. The monoisotopic (exact) mass is 322 g/mol. The molecule has 3 rings (SSSR count). The molecule has 0 spiro atoms. The first kappa shape index (κ1) is 14.7. The van der Waals surface area contributed by atoms with E-state index < -0.39 is 10.0 Å². The number of thioether (sulfide) groups is 1. The first-order valence-corrected chi connectivity index (χ1v) is 9.48. The second-order valence-electron chi connectivity index (χ2n) is 5.24. The van der Waals surface area contributed by atoms with Crippen LogP contribution in [0.5, 0.6) is 0 Å². The van der Waals surface area contributed by atoms with E-state index >= 15 is 0 Å². The number of rotatable bonds is 2. The molecule has 1 aliphatic heterocycles. The highest BCUT2D eigenvalue weighted by Gasteiger charge is 2.32. The molecular weight excluding hydrogens is 304 g/mol. The van der Waals surface area contributed by atoms with Gasteiger partial charge in [-0.05, 0) is 19.1 Å². The predicted molar refractivity (Wildman–Crippen MR) is 89.0 cm³/mol. The van der Waals surface area contributed by atoms with Crippen LogP contribution in [0.2, 0.25) is 0 Å². The van der Waals surface area contributed by atoms with Gasteiger partial charge in [0.15, 0.2) is 0 Å². The molecule has 0 radical (unpaired) electrons. The zero-order chi connectivity index (χ0) is 15.0. The average Bonchev–Trinajstić information content (AvgIpc) is 2.48. The highest BCUT2D eigenvalue weighted by Crippen LogP contribution is 2.31. The quantitative estimate of drug-likeness (QED) is 0.863. The van der Waals surface area contributed by atoms with Gasteiger partial charge in [0.25, 0.3) is 0 Å². The maximum atomic E-state index is 13.0. The summed E-state index contributed by atoms with van der Waals surface area (Å²) < 4.78 is 27.6. The summed E-state index contributed by atoms with van der Waals surface area (Å²) in [5.41, 5.74) is 6.57. The third-order valence-electron chi connectivity index (χ3n) is 3.81. The van der Waals surface area contributed by atoms with E-state index in [-0.39, 0.29) is 6.04 Å². The molecule has 0 saturated carbocycles. The van der Waals surface area contributed by atoms with Crippen LogP contribution in [0.1, 0.15) is 6.92 Å². The molecule has 2 N–H and O–H groups in total. The number of nitrogens with zero attached hydrogens (tertiary/aromatic N) is 1. The third kappa shape index (κ3) is 2.52. The minimum absolute atomic E-state index is 0.0186. The van der Waals surface area contributed by atoms with Crippen LogP contribution >= 0.6 is 11.8 Å². The lowest BCUT2D eigenvalue weighted by molar-refractivity contribution is 0.368. The number of hydrogen-bond acceptors (Lipinski definition) is 4. The Bertz CT molecular complexity index is 774. The maximum absolute atomic E-state index is 13.0. The molecule has 4 nitrogen and oxygen atoms in total. The Morgan fingerprint density at radius 1 is 1.19 bits per heavy atom. The first-order chi connectivity index (χ1) is 10.0. The van der Waals surface area contributed by atoms with Crippen molar-refractivity contribution in [2.75, 3.05) is 23.8 Å². The van der Waals surface area contributed by atoms with E-state index in [0.717, 1.165) is 16.9 Å². The Morgan fingerprint density at radius 3 is 2.62 bits per heavy atom. The lowest BCUT2D eigenvalue weighted by atomic mass is 10.1. The van der Waals surface area contributed by atoms with Gasteiger partial charge in [-0.25, -0.2) is 8.42 Å². The Labute approximate surface area is 129 Å². The Hall–Kier alpha value is -1.24. The third-order valence-corrected chi connectivity index (χ3v) is 7.07. The molecule has 112 valence electrons. The van der Waals surface area contributed by atoms with Gasteiger partial charge < -0.3 is 5.73 Å². The molecule has 2 aromatic carbocycles. The van der Waals surface area contributed by atoms with Gasteiger partial charge in [0, 0.05) is 40.6 Å². The van der Waals surface area contributed by atoms with Gasteiger partial charge in [0.2, 0.25) is 10.0 Å². The SMILES string of the molecule is CC1CSCCN1S(=O)(=O)c1ccc(N)c2ccccc12. The summed E-state index contributed by atoms with van der Waals surface area (Å²) in [6, 6.07) is 10.7. The number of benzene rings is 2. The van der Waals surface area contributed by atoms with E-state index in [4.69, 9.17) is 5.73 Å². The van der Waals surface area contributed by atoms with Crippen molar-refractivity contribution in [1.82, 2.24) is 4.31 Å². The first-order valence-electron chi connectivity index (χ1n) is 6.88. The van der Waals surface area contributed by atoms with Crippen LogP contribution in [0.25, 0.3) is 10.8 Å². The largest absolute Gasteiger partial charge is 0.398 e. The van der Waals surface area contributed by atoms with E-state index in [2.05, 4.69) is 0 Å². The molecule has 0 aliphatic carbocycles. The number of nitrogen functional groups attached to an aromatic ring is 1. The fourth-order valence-corrected chi connectivity index (χ4v) is 5.77. The summed E-state index contributed by atoms with van der Waals surface area (Å²) in [6.07, 6.45) is 0. The molecule has 1 fully saturated rings. The molecular formula is C15H18N2O2S2. The van der Waals surface area contributed by atoms with E-state index in [1.165, 1.54) is 0 Å². The number of nitrogens with two attached hydrogens (primary N) is 1. The lowest BCUT2D eigenvalue weighted by Gasteiger charge is -2.32. The van der Waals surface area contributed by atoms with Gasteiger partial charge in [-0.3, -0.25) is 0 Å². The molecule has 6 heteroatoms. The van der Waals surface area contributed by atoms with Gasteiger partial charge in [-0.15, -0.1) is 0 Å². The van der Waals surface area contributed by atoms with Crippen LogP contribution in [0.3, 0.4) is 0 Å². The van der Waals surface area contributed by atoms with Gasteiger partial charge in [0.1, 0.15) is 0 Å². The summed E-state index contributed by atoms with van der Waals surface area (Å²) in [7, 11) is -3.49. The summed E-state index contributed by atoms with van der Waals surface area (Å²) in [4.78, 5) is 0.353. The van der Waals surface area contributed by atoms with Gasteiger partial charge in [0.05, 0.1) is 4.90 Å². The molecule has 0 aromatic heterocycles. The van der Waals surface area contributed by atoms with Crippen molar-refractivity contribution in [3.63, 3.8) is 0 Å². The van der Waals surface area contributed by atoms with Crippen LogP contribution in [0.15, 0.2) is 41.3 Å². The van der Waals surface area contributed by atoms with Crippen molar-refractivity contribution in [2.45, 2.75) is 17.9 Å². The smallest absolute Gasteiger partial charge is 0.243 e. The highest BCUT2D eigenvalue weighted by atomic mass is 32.2. The molecule has 0 bridgehead atoms. The minimum atomic E-state index is -3.49. The van der Waals surface area contributed by atoms with E-state index in [1.807, 2.05) is 31.2 Å². The minimum Gasteiger partial charge on any atom is -0.398 e. The normalized spacial score (nSPS) is 20.7. The number of sulfonamides is 1. The molecule has 1 atom stereocenters. The van der Waals surface area contributed by atoms with Crippen molar-refractivity contribution in [3.8, 4) is 0 Å². The summed E-state index contributed by atoms with van der Waals surface area (Å²) in [6.45, 7) is 2.52. The standard InChI is InChI=1S/C15H18N2O2S2/c1-11-10-20-9-8-17(11)21(18,19)15-7-6-14(16)12-4-2-3-5-13(12)15/h2-7,11H,8-10,16H2,1H3. The fraction of sp³-hybridized carbons (Fsp3) is 0.333. The summed E-state index contributed by atoms with van der Waals surface area (Å²) in [5.74, 6) is 1.68. The average molecular weight is 322 g/mol. The van der Waals surface area contributed by atoms with E-state index in [9.17, 15) is 8.42 Å². The molecule has 1 heterocycles. The molecule has 0 amide bonds. The molecule has 2 aromatic rings. The van der Waals surface area contributed by atoms with Crippen LogP contribution in [-0.4, -0.2) is 36.8 Å². The van der Waals surface area contributed by atoms with E-state index in [0.29, 0.717) is 22.5 Å². The van der Waals surface area contributed by atoms with Crippen molar-refractivity contribution in [1.29, 1.82) is 0 Å². The van der Waals surface area contributed by atoms with Crippen molar-refractivity contribution in [3.05, 3.63) is 36.4 Å².